The van der Waals surface area contributed by atoms with E-state index in [-0.39, 0.29) is 11.7 Å². The first-order chi connectivity index (χ1) is 9.65. The molecule has 118 valence electrons. The van der Waals surface area contributed by atoms with E-state index < -0.39 is 17.3 Å². The Balaban J connectivity index is 2.23. The average Bonchev–Trinajstić information content (AvgIpc) is 2.77. The standard InChI is InChI=1S/C14H19F3N2OS/c1-3-21-7-13(2,20)12-5-8-4-10(18)9(14(15,16)17)6-11(8)19-12/h4,6,12,19-20H,3,5,7,18H2,1-2H3. The second-order valence-electron chi connectivity index (χ2n) is 5.49. The number of anilines is 2. The summed E-state index contributed by atoms with van der Waals surface area (Å²) in [5.41, 5.74) is 4.52. The summed E-state index contributed by atoms with van der Waals surface area (Å²) in [4.78, 5) is 0. The summed E-state index contributed by atoms with van der Waals surface area (Å²) in [5, 5.41) is 13.5. The fourth-order valence-electron chi connectivity index (χ4n) is 2.46. The lowest BCUT2D eigenvalue weighted by Gasteiger charge is -2.30. The number of fused-ring (bicyclic) bond motifs is 1. The summed E-state index contributed by atoms with van der Waals surface area (Å²) >= 11 is 1.60. The molecule has 7 heteroatoms. The number of alkyl halides is 3. The largest absolute Gasteiger partial charge is 0.418 e. The Kier molecular flexibility index (Phi) is 4.35. The van der Waals surface area contributed by atoms with E-state index >= 15 is 0 Å². The van der Waals surface area contributed by atoms with Crippen LogP contribution in [0.1, 0.15) is 25.0 Å². The van der Waals surface area contributed by atoms with Crippen molar-refractivity contribution in [3.8, 4) is 0 Å². The van der Waals surface area contributed by atoms with Crippen molar-refractivity contribution in [1.82, 2.24) is 0 Å². The predicted octanol–water partition coefficient (Wildman–Crippen LogP) is 3.13. The summed E-state index contributed by atoms with van der Waals surface area (Å²) in [6.07, 6.45) is -4.01. The number of rotatable bonds is 4. The number of aliphatic hydroxyl groups is 1. The van der Waals surface area contributed by atoms with Gasteiger partial charge in [-0.1, -0.05) is 6.92 Å². The fourth-order valence-corrected chi connectivity index (χ4v) is 3.27. The zero-order valence-corrected chi connectivity index (χ0v) is 12.7. The Labute approximate surface area is 126 Å². The van der Waals surface area contributed by atoms with Crippen LogP contribution in [0.5, 0.6) is 0 Å². The molecule has 1 aromatic carbocycles. The van der Waals surface area contributed by atoms with E-state index in [1.54, 1.807) is 18.7 Å². The van der Waals surface area contributed by atoms with Crippen molar-refractivity contribution in [2.75, 3.05) is 22.6 Å². The molecule has 0 radical (unpaired) electrons. The average molecular weight is 320 g/mol. The van der Waals surface area contributed by atoms with Gasteiger partial charge in [0.25, 0.3) is 0 Å². The van der Waals surface area contributed by atoms with E-state index in [1.165, 1.54) is 6.07 Å². The number of nitrogens with one attached hydrogen (secondary N) is 1. The molecule has 0 aliphatic carbocycles. The maximum Gasteiger partial charge on any atom is 0.418 e. The molecule has 0 amide bonds. The SMILES string of the molecule is CCSCC(C)(O)C1Cc2cc(N)c(C(F)(F)F)cc2N1. The van der Waals surface area contributed by atoms with Gasteiger partial charge in [0, 0.05) is 17.1 Å². The molecule has 1 aliphatic heterocycles. The van der Waals surface area contributed by atoms with Crippen LogP contribution < -0.4 is 11.1 Å². The first-order valence-corrected chi connectivity index (χ1v) is 7.87. The first kappa shape index (κ1) is 16.3. The Bertz CT molecular complexity index is 532. The smallest absolute Gasteiger partial charge is 0.398 e. The number of nitrogens with two attached hydrogens (primary N) is 1. The molecule has 0 spiro atoms. The summed E-state index contributed by atoms with van der Waals surface area (Å²) in [6, 6.07) is 2.08. The maximum absolute atomic E-state index is 12.9. The van der Waals surface area contributed by atoms with Crippen LogP contribution in [0.4, 0.5) is 24.5 Å². The molecule has 0 saturated heterocycles. The van der Waals surface area contributed by atoms with E-state index in [0.717, 1.165) is 11.8 Å². The van der Waals surface area contributed by atoms with Gasteiger partial charge in [0.15, 0.2) is 0 Å². The molecule has 1 heterocycles. The van der Waals surface area contributed by atoms with E-state index in [1.807, 2.05) is 6.92 Å². The Morgan fingerprint density at radius 3 is 2.67 bits per heavy atom. The molecule has 4 N–H and O–H groups in total. The van der Waals surface area contributed by atoms with Gasteiger partial charge in [0.2, 0.25) is 0 Å². The molecule has 0 fully saturated rings. The van der Waals surface area contributed by atoms with Crippen LogP contribution in [0.2, 0.25) is 0 Å². The highest BCUT2D eigenvalue weighted by atomic mass is 32.2. The summed E-state index contributed by atoms with van der Waals surface area (Å²) in [6.45, 7) is 3.70. The summed E-state index contributed by atoms with van der Waals surface area (Å²) in [7, 11) is 0. The number of benzene rings is 1. The summed E-state index contributed by atoms with van der Waals surface area (Å²) in [5.74, 6) is 1.40. The van der Waals surface area contributed by atoms with Crippen molar-refractivity contribution in [1.29, 1.82) is 0 Å². The third kappa shape index (κ3) is 3.40. The molecule has 1 aliphatic rings. The molecule has 0 bridgehead atoms. The highest BCUT2D eigenvalue weighted by molar-refractivity contribution is 7.99. The van der Waals surface area contributed by atoms with Gasteiger partial charge >= 0.3 is 6.18 Å². The van der Waals surface area contributed by atoms with Gasteiger partial charge in [-0.15, -0.1) is 0 Å². The van der Waals surface area contributed by atoms with Crippen molar-refractivity contribution in [2.45, 2.75) is 38.1 Å². The lowest BCUT2D eigenvalue weighted by Crippen LogP contribution is -2.45. The second kappa shape index (κ2) is 5.61. The highest BCUT2D eigenvalue weighted by Crippen LogP contribution is 2.40. The van der Waals surface area contributed by atoms with Crippen LogP contribution in [0, 0.1) is 0 Å². The molecule has 2 unspecified atom stereocenters. The third-order valence-electron chi connectivity index (χ3n) is 3.68. The molecular weight excluding hydrogens is 301 g/mol. The Morgan fingerprint density at radius 1 is 1.43 bits per heavy atom. The van der Waals surface area contributed by atoms with Crippen molar-refractivity contribution < 1.29 is 18.3 Å². The van der Waals surface area contributed by atoms with Crippen LogP contribution in [0.25, 0.3) is 0 Å². The van der Waals surface area contributed by atoms with E-state index in [4.69, 9.17) is 5.73 Å². The van der Waals surface area contributed by atoms with Crippen molar-refractivity contribution >= 4 is 23.1 Å². The van der Waals surface area contributed by atoms with Crippen LogP contribution in [-0.4, -0.2) is 28.3 Å². The van der Waals surface area contributed by atoms with Gasteiger partial charge in [-0.05, 0) is 36.8 Å². The fraction of sp³-hybridized carbons (Fsp3) is 0.571. The zero-order chi connectivity index (χ0) is 15.8. The molecule has 2 atom stereocenters. The van der Waals surface area contributed by atoms with Crippen LogP contribution in [0.15, 0.2) is 12.1 Å². The highest BCUT2D eigenvalue weighted by Gasteiger charge is 2.39. The quantitative estimate of drug-likeness (QED) is 0.746. The minimum absolute atomic E-state index is 0.272. The van der Waals surface area contributed by atoms with Crippen molar-refractivity contribution in [3.05, 3.63) is 23.3 Å². The third-order valence-corrected chi connectivity index (χ3v) is 4.88. The van der Waals surface area contributed by atoms with Gasteiger partial charge in [-0.2, -0.15) is 24.9 Å². The molecule has 1 aromatic rings. The van der Waals surface area contributed by atoms with Gasteiger partial charge in [-0.25, -0.2) is 0 Å². The minimum Gasteiger partial charge on any atom is -0.398 e. The van der Waals surface area contributed by atoms with Crippen LogP contribution in [0.3, 0.4) is 0 Å². The van der Waals surface area contributed by atoms with E-state index in [9.17, 15) is 18.3 Å². The predicted molar refractivity (Wildman–Crippen MR) is 80.6 cm³/mol. The number of hydrogen-bond acceptors (Lipinski definition) is 4. The normalized spacial score (nSPS) is 20.8. The zero-order valence-electron chi connectivity index (χ0n) is 11.9. The van der Waals surface area contributed by atoms with Crippen LogP contribution in [-0.2, 0) is 12.6 Å². The Morgan fingerprint density at radius 2 is 2.10 bits per heavy atom. The van der Waals surface area contributed by atoms with Gasteiger partial charge in [-0.3, -0.25) is 0 Å². The molecule has 3 nitrogen and oxygen atoms in total. The van der Waals surface area contributed by atoms with Crippen molar-refractivity contribution in [2.24, 2.45) is 0 Å². The number of nitrogen functional groups attached to an aromatic ring is 1. The lowest BCUT2D eigenvalue weighted by atomic mass is 9.95. The molecule has 2 rings (SSSR count). The molecular formula is C14H19F3N2OS. The topological polar surface area (TPSA) is 58.3 Å². The Hall–Kier alpha value is -1.08. The lowest BCUT2D eigenvalue weighted by molar-refractivity contribution is -0.136. The second-order valence-corrected chi connectivity index (χ2v) is 6.76. The van der Waals surface area contributed by atoms with E-state index in [2.05, 4.69) is 5.32 Å². The molecule has 21 heavy (non-hydrogen) atoms. The monoisotopic (exact) mass is 320 g/mol. The number of halogens is 3. The van der Waals surface area contributed by atoms with Gasteiger partial charge < -0.3 is 16.2 Å². The van der Waals surface area contributed by atoms with Gasteiger partial charge in [0.1, 0.15) is 0 Å². The van der Waals surface area contributed by atoms with Crippen molar-refractivity contribution in [3.63, 3.8) is 0 Å². The van der Waals surface area contributed by atoms with Gasteiger partial charge in [0.05, 0.1) is 17.2 Å². The number of thioether (sulfide) groups is 1. The van der Waals surface area contributed by atoms with E-state index in [0.29, 0.717) is 23.4 Å². The molecule has 0 saturated carbocycles. The minimum atomic E-state index is -4.47. The number of hydrogen-bond donors (Lipinski definition) is 3. The maximum atomic E-state index is 12.9. The summed E-state index contributed by atoms with van der Waals surface area (Å²) < 4.78 is 38.6. The molecule has 0 aromatic heterocycles. The van der Waals surface area contributed by atoms with Crippen LogP contribution >= 0.6 is 11.8 Å². The first-order valence-electron chi connectivity index (χ1n) is 6.71.